The van der Waals surface area contributed by atoms with E-state index in [1.54, 1.807) is 14.2 Å². The fraction of sp³-hybridized carbons (Fsp3) is 0.190. The number of nitrogens with zero attached hydrogens (tertiary/aromatic N) is 2. The predicted molar refractivity (Wildman–Crippen MR) is 115 cm³/mol. The molecule has 4 aromatic rings. The van der Waals surface area contributed by atoms with Crippen LogP contribution in [0.15, 0.2) is 47.8 Å². The molecule has 0 bridgehead atoms. The predicted octanol–water partition coefficient (Wildman–Crippen LogP) is 4.17. The summed E-state index contributed by atoms with van der Waals surface area (Å²) < 4.78 is 10.8. The summed E-state index contributed by atoms with van der Waals surface area (Å²) in [6, 6.07) is 11.5. The number of methoxy groups -OCH3 is 2. The zero-order valence-electron chi connectivity index (χ0n) is 16.3. The highest BCUT2D eigenvalue weighted by molar-refractivity contribution is 8.00. The van der Waals surface area contributed by atoms with Gasteiger partial charge in [-0.3, -0.25) is 4.79 Å². The maximum Gasteiger partial charge on any atom is 0.234 e. The Bertz CT molecular complexity index is 1190. The van der Waals surface area contributed by atoms with E-state index in [0.717, 1.165) is 33.2 Å². The van der Waals surface area contributed by atoms with Crippen molar-refractivity contribution in [3.63, 3.8) is 0 Å². The maximum absolute atomic E-state index is 12.3. The van der Waals surface area contributed by atoms with E-state index in [0.29, 0.717) is 16.5 Å². The van der Waals surface area contributed by atoms with Crippen molar-refractivity contribution in [2.75, 3.05) is 25.3 Å². The van der Waals surface area contributed by atoms with Crippen LogP contribution in [0, 0.1) is 6.92 Å². The van der Waals surface area contributed by atoms with Gasteiger partial charge in [0.2, 0.25) is 5.91 Å². The van der Waals surface area contributed by atoms with E-state index in [4.69, 9.17) is 9.47 Å². The third kappa shape index (κ3) is 3.84. The topological polar surface area (TPSA) is 89.1 Å². The number of aromatic amines is 1. The van der Waals surface area contributed by atoms with E-state index >= 15 is 0 Å². The summed E-state index contributed by atoms with van der Waals surface area (Å²) >= 11 is 1.36. The van der Waals surface area contributed by atoms with Crippen LogP contribution in [0.25, 0.3) is 21.9 Å². The number of hydrogen-bond acceptors (Lipinski definition) is 6. The molecule has 0 aliphatic heterocycles. The number of ether oxygens (including phenoxy) is 2. The van der Waals surface area contributed by atoms with E-state index in [-0.39, 0.29) is 11.7 Å². The van der Waals surface area contributed by atoms with Crippen LogP contribution in [-0.2, 0) is 4.79 Å². The van der Waals surface area contributed by atoms with Crippen molar-refractivity contribution in [1.82, 2.24) is 15.0 Å². The molecule has 0 aliphatic carbocycles. The average Bonchev–Trinajstić information content (AvgIpc) is 3.11. The maximum atomic E-state index is 12.3. The number of amides is 1. The summed E-state index contributed by atoms with van der Waals surface area (Å²) in [5.41, 5.74) is 4.35. The van der Waals surface area contributed by atoms with Gasteiger partial charge < -0.3 is 19.8 Å². The SMILES string of the molecule is COc1cc2[nH]c3c(SCC(=O)Nc4ccc(C)cc4)ncnc3c2cc1OC. The molecule has 7 nitrogen and oxygen atoms in total. The van der Waals surface area contributed by atoms with Crippen LogP contribution in [0.3, 0.4) is 0 Å². The molecule has 8 heteroatoms. The van der Waals surface area contributed by atoms with Gasteiger partial charge in [-0.15, -0.1) is 0 Å². The molecule has 0 spiro atoms. The number of H-pyrrole nitrogens is 1. The lowest BCUT2D eigenvalue weighted by molar-refractivity contribution is -0.113. The quantitative estimate of drug-likeness (QED) is 0.368. The van der Waals surface area contributed by atoms with E-state index in [1.165, 1.54) is 18.1 Å². The number of carbonyl (C=O) groups excluding carboxylic acids is 1. The molecule has 4 rings (SSSR count). The van der Waals surface area contributed by atoms with Crippen LogP contribution in [0.2, 0.25) is 0 Å². The van der Waals surface area contributed by atoms with Crippen molar-refractivity contribution >= 4 is 45.3 Å². The molecule has 0 unspecified atom stereocenters. The molecule has 2 heterocycles. The van der Waals surface area contributed by atoms with Crippen molar-refractivity contribution in [1.29, 1.82) is 0 Å². The Morgan fingerprint density at radius 1 is 1.10 bits per heavy atom. The van der Waals surface area contributed by atoms with Gasteiger partial charge in [0.1, 0.15) is 16.9 Å². The molecule has 148 valence electrons. The Hall–Kier alpha value is -3.26. The zero-order valence-corrected chi connectivity index (χ0v) is 17.1. The Balaban J connectivity index is 1.59. The molecule has 0 fully saturated rings. The number of fused-ring (bicyclic) bond motifs is 3. The molecule has 0 saturated heterocycles. The Morgan fingerprint density at radius 3 is 2.55 bits per heavy atom. The molecule has 1 amide bonds. The highest BCUT2D eigenvalue weighted by Crippen LogP contribution is 2.36. The van der Waals surface area contributed by atoms with Gasteiger partial charge in [-0.05, 0) is 25.1 Å². The Morgan fingerprint density at radius 2 is 1.83 bits per heavy atom. The second-order valence-corrected chi connectivity index (χ2v) is 7.45. The lowest BCUT2D eigenvalue weighted by atomic mass is 10.2. The minimum atomic E-state index is -0.0925. The molecule has 2 aromatic carbocycles. The van der Waals surface area contributed by atoms with Crippen LogP contribution in [-0.4, -0.2) is 40.8 Å². The number of rotatable bonds is 6. The first kappa shape index (κ1) is 19.1. The van der Waals surface area contributed by atoms with E-state index in [1.807, 2.05) is 43.3 Å². The smallest absolute Gasteiger partial charge is 0.234 e. The fourth-order valence-electron chi connectivity index (χ4n) is 3.08. The molecule has 2 aromatic heterocycles. The molecule has 0 radical (unpaired) electrons. The van der Waals surface area contributed by atoms with Crippen LogP contribution >= 0.6 is 11.8 Å². The van der Waals surface area contributed by atoms with Crippen molar-refractivity contribution in [2.24, 2.45) is 0 Å². The average molecular weight is 408 g/mol. The Labute approximate surface area is 171 Å². The normalized spacial score (nSPS) is 11.0. The summed E-state index contributed by atoms with van der Waals surface area (Å²) in [5, 5.41) is 4.52. The molecular weight excluding hydrogens is 388 g/mol. The molecule has 29 heavy (non-hydrogen) atoms. The van der Waals surface area contributed by atoms with Crippen LogP contribution in [0.4, 0.5) is 5.69 Å². The summed E-state index contributed by atoms with van der Waals surface area (Å²) in [6.45, 7) is 2.01. The monoisotopic (exact) mass is 408 g/mol. The third-order valence-electron chi connectivity index (χ3n) is 4.53. The fourth-order valence-corrected chi connectivity index (χ4v) is 3.83. The van der Waals surface area contributed by atoms with Gasteiger partial charge in [0.05, 0.1) is 31.0 Å². The number of nitrogens with one attached hydrogen (secondary N) is 2. The van der Waals surface area contributed by atoms with Crippen molar-refractivity contribution in [2.45, 2.75) is 11.9 Å². The van der Waals surface area contributed by atoms with Crippen molar-refractivity contribution < 1.29 is 14.3 Å². The van der Waals surface area contributed by atoms with Crippen LogP contribution in [0.1, 0.15) is 5.56 Å². The number of hydrogen-bond donors (Lipinski definition) is 2. The van der Waals surface area contributed by atoms with Crippen molar-refractivity contribution in [3.05, 3.63) is 48.3 Å². The van der Waals surface area contributed by atoms with Gasteiger partial charge in [0.25, 0.3) is 0 Å². The molecule has 2 N–H and O–H groups in total. The van der Waals surface area contributed by atoms with Crippen molar-refractivity contribution in [3.8, 4) is 11.5 Å². The van der Waals surface area contributed by atoms with Gasteiger partial charge in [0, 0.05) is 17.1 Å². The molecule has 0 atom stereocenters. The minimum Gasteiger partial charge on any atom is -0.493 e. The molecule has 0 saturated carbocycles. The van der Waals surface area contributed by atoms with Gasteiger partial charge in [-0.25, -0.2) is 9.97 Å². The molecular formula is C21H20N4O3S. The summed E-state index contributed by atoms with van der Waals surface area (Å²) in [4.78, 5) is 24.4. The van der Waals surface area contributed by atoms with E-state index in [9.17, 15) is 4.79 Å². The second-order valence-electron chi connectivity index (χ2n) is 6.48. The number of anilines is 1. The first-order valence-electron chi connectivity index (χ1n) is 8.96. The Kier molecular flexibility index (Phi) is 5.26. The lowest BCUT2D eigenvalue weighted by Gasteiger charge is -2.06. The number of carbonyl (C=O) groups is 1. The first-order valence-corrected chi connectivity index (χ1v) is 9.95. The first-order chi connectivity index (χ1) is 14.1. The van der Waals surface area contributed by atoms with Gasteiger partial charge in [-0.1, -0.05) is 29.5 Å². The van der Waals surface area contributed by atoms with Crippen LogP contribution < -0.4 is 14.8 Å². The van der Waals surface area contributed by atoms with Crippen LogP contribution in [0.5, 0.6) is 11.5 Å². The zero-order chi connectivity index (χ0) is 20.4. The largest absolute Gasteiger partial charge is 0.493 e. The lowest BCUT2D eigenvalue weighted by Crippen LogP contribution is -2.14. The summed E-state index contributed by atoms with van der Waals surface area (Å²) in [6.07, 6.45) is 1.51. The highest BCUT2D eigenvalue weighted by Gasteiger charge is 2.15. The van der Waals surface area contributed by atoms with E-state index in [2.05, 4.69) is 20.3 Å². The number of benzene rings is 2. The highest BCUT2D eigenvalue weighted by atomic mass is 32.2. The number of aromatic nitrogens is 3. The second kappa shape index (κ2) is 8.00. The summed E-state index contributed by atoms with van der Waals surface area (Å²) in [5.74, 6) is 1.41. The van der Waals surface area contributed by atoms with E-state index < -0.39 is 0 Å². The third-order valence-corrected chi connectivity index (χ3v) is 5.52. The number of thioether (sulfide) groups is 1. The standard InChI is InChI=1S/C21H20N4O3S/c1-12-4-6-13(7-5-12)24-18(26)10-29-21-20-19(22-11-23-21)14-8-16(27-2)17(28-3)9-15(14)25-20/h4-9,11,25H,10H2,1-3H3,(H,24,26). The van der Waals surface area contributed by atoms with Gasteiger partial charge >= 0.3 is 0 Å². The summed E-state index contributed by atoms with van der Waals surface area (Å²) in [7, 11) is 3.20. The minimum absolute atomic E-state index is 0.0925. The van der Waals surface area contributed by atoms with Gasteiger partial charge in [0.15, 0.2) is 11.5 Å². The molecule has 0 aliphatic rings. The van der Waals surface area contributed by atoms with Gasteiger partial charge in [-0.2, -0.15) is 0 Å². The number of aryl methyl sites for hydroxylation is 1.